The van der Waals surface area contributed by atoms with E-state index in [1.807, 2.05) is 0 Å². The van der Waals surface area contributed by atoms with E-state index in [-0.39, 0.29) is 17.9 Å². The molecule has 0 unspecified atom stereocenters. The van der Waals surface area contributed by atoms with Crippen LogP contribution in [0.3, 0.4) is 0 Å². The third-order valence-corrected chi connectivity index (χ3v) is 2.73. The normalized spacial score (nSPS) is 17.8. The van der Waals surface area contributed by atoms with Crippen molar-refractivity contribution in [3.05, 3.63) is 35.4 Å². The van der Waals surface area contributed by atoms with Crippen LogP contribution in [-0.4, -0.2) is 5.54 Å². The fourth-order valence-corrected chi connectivity index (χ4v) is 1.56. The zero-order chi connectivity index (χ0) is 11.1. The van der Waals surface area contributed by atoms with Gasteiger partial charge < -0.3 is 5.73 Å². The summed E-state index contributed by atoms with van der Waals surface area (Å²) in [6, 6.07) is 5.24. The summed E-state index contributed by atoms with van der Waals surface area (Å²) in [4.78, 5) is 0. The number of alkyl halides is 3. The van der Waals surface area contributed by atoms with E-state index in [1.165, 1.54) is 12.1 Å². The first-order valence-corrected chi connectivity index (χ1v) is 4.84. The highest BCUT2D eigenvalue weighted by Gasteiger charge is 2.38. The fourth-order valence-electron chi connectivity index (χ4n) is 1.56. The zero-order valence-electron chi connectivity index (χ0n) is 8.55. The lowest BCUT2D eigenvalue weighted by atomic mass is 10.0. The van der Waals surface area contributed by atoms with Crippen LogP contribution in [0.4, 0.5) is 13.2 Å². The molecule has 1 aliphatic rings. The molecule has 0 bridgehead atoms. The van der Waals surface area contributed by atoms with Crippen LogP contribution in [0.25, 0.3) is 0 Å². The molecular formula is C11H13ClF3N. The van der Waals surface area contributed by atoms with Gasteiger partial charge in [-0.25, -0.2) is 0 Å². The van der Waals surface area contributed by atoms with Crippen LogP contribution >= 0.6 is 12.4 Å². The van der Waals surface area contributed by atoms with Gasteiger partial charge in [0.1, 0.15) is 0 Å². The first kappa shape index (κ1) is 13.3. The van der Waals surface area contributed by atoms with Crippen molar-refractivity contribution in [1.29, 1.82) is 0 Å². The van der Waals surface area contributed by atoms with Crippen molar-refractivity contribution in [2.45, 2.75) is 31.0 Å². The molecule has 5 heteroatoms. The van der Waals surface area contributed by atoms with Gasteiger partial charge in [-0.2, -0.15) is 13.2 Å². The summed E-state index contributed by atoms with van der Waals surface area (Å²) in [5.74, 6) is 0. The van der Waals surface area contributed by atoms with Crippen LogP contribution in [0.1, 0.15) is 24.0 Å². The maximum absolute atomic E-state index is 12.2. The molecule has 0 radical (unpaired) electrons. The molecule has 1 fully saturated rings. The van der Waals surface area contributed by atoms with Gasteiger partial charge >= 0.3 is 6.18 Å². The minimum atomic E-state index is -4.25. The predicted octanol–water partition coefficient (Wildman–Crippen LogP) is 3.16. The Morgan fingerprint density at radius 1 is 1.12 bits per heavy atom. The van der Waals surface area contributed by atoms with E-state index >= 15 is 0 Å². The Morgan fingerprint density at radius 3 is 2.00 bits per heavy atom. The number of nitrogens with two attached hydrogens (primary N) is 1. The number of benzene rings is 1. The van der Waals surface area contributed by atoms with E-state index in [1.54, 1.807) is 0 Å². The smallest absolute Gasteiger partial charge is 0.325 e. The van der Waals surface area contributed by atoms with Crippen LogP contribution < -0.4 is 5.73 Å². The van der Waals surface area contributed by atoms with Gasteiger partial charge in [0.15, 0.2) is 0 Å². The first-order valence-electron chi connectivity index (χ1n) is 4.84. The van der Waals surface area contributed by atoms with Gasteiger partial charge in [-0.15, -0.1) is 12.4 Å². The lowest BCUT2D eigenvalue weighted by molar-refractivity contribution is -0.137. The molecular weight excluding hydrogens is 239 g/mol. The summed E-state index contributed by atoms with van der Waals surface area (Å²) in [5.41, 5.74) is 6.00. The fraction of sp³-hybridized carbons (Fsp3) is 0.455. The standard InChI is InChI=1S/C11H12F3N.ClH/c12-11(13,14)9-3-1-8(2-4-9)7-10(15)5-6-10;/h1-4H,5-7,15H2;1H. The van der Waals surface area contributed by atoms with Crippen molar-refractivity contribution < 1.29 is 13.2 Å². The van der Waals surface area contributed by atoms with E-state index < -0.39 is 11.7 Å². The summed E-state index contributed by atoms with van der Waals surface area (Å²) < 4.78 is 36.7. The van der Waals surface area contributed by atoms with E-state index in [0.29, 0.717) is 6.42 Å². The lowest BCUT2D eigenvalue weighted by Crippen LogP contribution is -2.24. The van der Waals surface area contributed by atoms with Gasteiger partial charge in [-0.3, -0.25) is 0 Å². The number of hydrogen-bond acceptors (Lipinski definition) is 1. The SMILES string of the molecule is Cl.NC1(Cc2ccc(C(F)(F)F)cc2)CC1. The quantitative estimate of drug-likeness (QED) is 0.859. The molecule has 1 aliphatic carbocycles. The third kappa shape index (κ3) is 3.12. The average Bonchev–Trinajstić information content (AvgIpc) is 2.82. The summed E-state index contributed by atoms with van der Waals surface area (Å²) in [7, 11) is 0. The van der Waals surface area contributed by atoms with Gasteiger partial charge in [-0.1, -0.05) is 12.1 Å². The van der Waals surface area contributed by atoms with Crippen LogP contribution in [0, 0.1) is 0 Å². The second-order valence-corrected chi connectivity index (χ2v) is 4.23. The number of hydrogen-bond donors (Lipinski definition) is 1. The highest BCUT2D eigenvalue weighted by molar-refractivity contribution is 5.85. The molecule has 0 aromatic heterocycles. The van der Waals surface area contributed by atoms with Crippen molar-refractivity contribution in [3.8, 4) is 0 Å². The Hall–Kier alpha value is -0.740. The van der Waals surface area contributed by atoms with E-state index in [9.17, 15) is 13.2 Å². The summed E-state index contributed by atoms with van der Waals surface area (Å²) >= 11 is 0. The van der Waals surface area contributed by atoms with Gasteiger partial charge in [0, 0.05) is 5.54 Å². The molecule has 1 aromatic rings. The van der Waals surface area contributed by atoms with Crippen LogP contribution in [0.5, 0.6) is 0 Å². The molecule has 1 aromatic carbocycles. The molecule has 0 atom stereocenters. The molecule has 1 nitrogen and oxygen atoms in total. The minimum absolute atomic E-state index is 0. The van der Waals surface area contributed by atoms with Crippen molar-refractivity contribution in [3.63, 3.8) is 0 Å². The Labute approximate surface area is 98.2 Å². The predicted molar refractivity (Wildman–Crippen MR) is 58.5 cm³/mol. The van der Waals surface area contributed by atoms with Crippen molar-refractivity contribution in [2.24, 2.45) is 5.73 Å². The van der Waals surface area contributed by atoms with Crippen LogP contribution in [0.15, 0.2) is 24.3 Å². The zero-order valence-corrected chi connectivity index (χ0v) is 9.37. The third-order valence-electron chi connectivity index (χ3n) is 2.73. The Bertz CT molecular complexity index is 354. The monoisotopic (exact) mass is 251 g/mol. The second-order valence-electron chi connectivity index (χ2n) is 4.23. The van der Waals surface area contributed by atoms with Gasteiger partial charge in [0.2, 0.25) is 0 Å². The molecule has 1 saturated carbocycles. The second kappa shape index (κ2) is 4.26. The lowest BCUT2D eigenvalue weighted by Gasteiger charge is -2.10. The molecule has 90 valence electrons. The number of halogens is 4. The van der Waals surface area contributed by atoms with Crippen LogP contribution in [-0.2, 0) is 12.6 Å². The topological polar surface area (TPSA) is 26.0 Å². The first-order chi connectivity index (χ1) is 6.89. The minimum Gasteiger partial charge on any atom is -0.325 e. The van der Waals surface area contributed by atoms with E-state index in [0.717, 1.165) is 30.5 Å². The maximum Gasteiger partial charge on any atom is 0.416 e. The highest BCUT2D eigenvalue weighted by atomic mass is 35.5. The molecule has 16 heavy (non-hydrogen) atoms. The molecule has 0 saturated heterocycles. The largest absolute Gasteiger partial charge is 0.416 e. The number of rotatable bonds is 2. The van der Waals surface area contributed by atoms with Crippen molar-refractivity contribution in [2.75, 3.05) is 0 Å². The molecule has 2 N–H and O–H groups in total. The van der Waals surface area contributed by atoms with Crippen LogP contribution in [0.2, 0.25) is 0 Å². The molecule has 0 heterocycles. The van der Waals surface area contributed by atoms with E-state index in [2.05, 4.69) is 0 Å². The summed E-state index contributed by atoms with van der Waals surface area (Å²) in [6.45, 7) is 0. The average molecular weight is 252 g/mol. The van der Waals surface area contributed by atoms with Gasteiger partial charge in [-0.05, 0) is 37.0 Å². The maximum atomic E-state index is 12.2. The Balaban J connectivity index is 0.00000128. The Morgan fingerprint density at radius 2 is 1.62 bits per heavy atom. The molecule has 0 spiro atoms. The van der Waals surface area contributed by atoms with E-state index in [4.69, 9.17) is 5.73 Å². The van der Waals surface area contributed by atoms with Gasteiger partial charge in [0.25, 0.3) is 0 Å². The Kier molecular flexibility index (Phi) is 3.55. The highest BCUT2D eigenvalue weighted by Crippen LogP contribution is 2.36. The van der Waals surface area contributed by atoms with Crippen molar-refractivity contribution >= 4 is 12.4 Å². The summed E-state index contributed by atoms with van der Waals surface area (Å²) in [6.07, 6.45) is -1.65. The van der Waals surface area contributed by atoms with Gasteiger partial charge in [0.05, 0.1) is 5.56 Å². The molecule has 2 rings (SSSR count). The van der Waals surface area contributed by atoms with Crippen molar-refractivity contribution in [1.82, 2.24) is 0 Å². The summed E-state index contributed by atoms with van der Waals surface area (Å²) in [5, 5.41) is 0. The molecule has 0 amide bonds. The molecule has 0 aliphatic heterocycles.